The molecule has 0 aliphatic heterocycles. The summed E-state index contributed by atoms with van der Waals surface area (Å²) >= 11 is 0. The number of benzene rings is 2. The van der Waals surface area contributed by atoms with E-state index in [1.165, 1.54) is 4.57 Å². The van der Waals surface area contributed by atoms with Crippen LogP contribution < -0.4 is 4.57 Å². The third-order valence-corrected chi connectivity index (χ3v) is 4.42. The van der Waals surface area contributed by atoms with Gasteiger partial charge in [0.05, 0.1) is 17.9 Å². The molecule has 0 fully saturated rings. The van der Waals surface area contributed by atoms with Gasteiger partial charge < -0.3 is 14.5 Å². The summed E-state index contributed by atoms with van der Waals surface area (Å²) in [5.74, 6) is -0.156. The summed E-state index contributed by atoms with van der Waals surface area (Å²) < 4.78 is 7.16. The average Bonchev–Trinajstić information content (AvgIpc) is 3.21. The number of nitrogens with zero attached hydrogens (tertiary/aromatic N) is 3. The molecule has 2 aromatic carbocycles. The van der Waals surface area contributed by atoms with E-state index in [-0.39, 0.29) is 24.0 Å². The van der Waals surface area contributed by atoms with Crippen molar-refractivity contribution in [2.45, 2.75) is 0 Å². The van der Waals surface area contributed by atoms with Crippen LogP contribution in [0.2, 0.25) is 0 Å². The fraction of sp³-hybridized carbons (Fsp3) is 0. The highest BCUT2D eigenvalue weighted by Gasteiger charge is 2.19. The van der Waals surface area contributed by atoms with Gasteiger partial charge in [-0.1, -0.05) is 24.3 Å². The minimum atomic E-state index is -0.556. The lowest BCUT2D eigenvalue weighted by molar-refractivity contribution is -0.569. The van der Waals surface area contributed by atoms with Crippen molar-refractivity contribution in [3.8, 4) is 5.88 Å². The van der Waals surface area contributed by atoms with Gasteiger partial charge in [-0.3, -0.25) is 0 Å². The van der Waals surface area contributed by atoms with Crippen molar-refractivity contribution >= 4 is 57.0 Å². The maximum absolute atomic E-state index is 12.1. The van der Waals surface area contributed by atoms with Crippen LogP contribution in [0.5, 0.6) is 5.88 Å². The van der Waals surface area contributed by atoms with Gasteiger partial charge in [-0.25, -0.2) is 0 Å². The largest absolute Gasteiger partial charge is 0.568 e. The molecule has 0 aliphatic carbocycles. The van der Waals surface area contributed by atoms with E-state index in [9.17, 15) is 9.90 Å². The van der Waals surface area contributed by atoms with Gasteiger partial charge in [-0.05, 0) is 29.4 Å². The smallest absolute Gasteiger partial charge is 0.493 e. The number of pyridine rings is 1. The van der Waals surface area contributed by atoms with Crippen LogP contribution in [0, 0.1) is 0 Å². The summed E-state index contributed by atoms with van der Waals surface area (Å²) in [7, 11) is 0. The monoisotopic (exact) mass is 393 g/mol. The van der Waals surface area contributed by atoms with Crippen molar-refractivity contribution in [3.05, 3.63) is 67.0 Å². The molecule has 0 bridgehead atoms. The molecule has 7 nitrogen and oxygen atoms in total. The number of para-hydroxylation sites is 1. The molecule has 0 atom stereocenters. The zero-order valence-corrected chi connectivity index (χ0v) is 15.2. The lowest BCUT2D eigenvalue weighted by Crippen LogP contribution is -2.38. The Morgan fingerprint density at radius 2 is 1.75 bits per heavy atom. The quantitative estimate of drug-likeness (QED) is 0.301. The maximum Gasteiger partial charge on any atom is 0.568 e. The van der Waals surface area contributed by atoms with E-state index >= 15 is 0 Å². The van der Waals surface area contributed by atoms with Gasteiger partial charge in [0.25, 0.3) is 0 Å². The van der Waals surface area contributed by atoms with E-state index in [1.54, 1.807) is 36.7 Å². The third-order valence-electron chi connectivity index (χ3n) is 4.42. The third kappa shape index (κ3) is 2.78. The fourth-order valence-corrected chi connectivity index (χ4v) is 3.16. The second kappa shape index (κ2) is 6.79. The lowest BCUT2D eigenvalue weighted by Gasteiger charge is -1.92. The molecule has 0 saturated heterocycles. The second-order valence-corrected chi connectivity index (χ2v) is 6.08. The van der Waals surface area contributed by atoms with E-state index in [0.717, 1.165) is 16.4 Å². The number of halogens is 1. The van der Waals surface area contributed by atoms with Crippen LogP contribution >= 0.6 is 12.4 Å². The molecule has 1 amide bonds. The van der Waals surface area contributed by atoms with Crippen LogP contribution in [0.3, 0.4) is 0 Å². The Bertz CT molecular complexity index is 1360. The molecule has 0 spiro atoms. The molecular weight excluding hydrogens is 380 g/mol. The number of fused-ring (bicyclic) bond motifs is 4. The Kier molecular flexibility index (Phi) is 4.29. The molecule has 0 aliphatic rings. The van der Waals surface area contributed by atoms with Crippen LogP contribution in [-0.4, -0.2) is 16.1 Å². The number of aromatic amines is 1. The highest BCUT2D eigenvalue weighted by atomic mass is 35.5. The molecule has 28 heavy (non-hydrogen) atoms. The van der Waals surface area contributed by atoms with Crippen molar-refractivity contribution in [3.63, 3.8) is 0 Å². The first-order valence-electron chi connectivity index (χ1n) is 8.29. The van der Waals surface area contributed by atoms with Gasteiger partial charge >= 0.3 is 6.03 Å². The molecule has 8 heteroatoms. The first-order chi connectivity index (χ1) is 13.2. The number of carbonyl (C=O) groups is 1. The SMILES string of the molecule is Cl.O=C(N=Nc1c(O)[nH]c2cc3oc4ccccc4c3cc12)[n+]1ccccc1. The van der Waals surface area contributed by atoms with E-state index < -0.39 is 6.03 Å². The molecule has 0 saturated carbocycles. The standard InChI is InChI=1S/C20H12N4O3.ClH/c25-19-18(22-23-20(26)24-8-4-1-5-9-24)14-10-13-12-6-2-3-7-16(12)27-17(13)11-15(14)21-19;/h1-11H,(H-,21,22,23,25,26);1H/p+1. The maximum atomic E-state index is 12.1. The van der Waals surface area contributed by atoms with Crippen molar-refractivity contribution in [1.29, 1.82) is 0 Å². The lowest BCUT2D eigenvalue weighted by atomic mass is 10.1. The van der Waals surface area contributed by atoms with Crippen molar-refractivity contribution in [2.24, 2.45) is 10.2 Å². The number of hydrogen-bond acceptors (Lipinski definition) is 4. The van der Waals surface area contributed by atoms with Gasteiger partial charge in [-0.2, -0.15) is 9.36 Å². The van der Waals surface area contributed by atoms with Crippen LogP contribution in [-0.2, 0) is 0 Å². The zero-order chi connectivity index (χ0) is 18.4. The first-order valence-corrected chi connectivity index (χ1v) is 8.29. The van der Waals surface area contributed by atoms with Crippen LogP contribution in [0.4, 0.5) is 10.5 Å². The Morgan fingerprint density at radius 3 is 2.57 bits per heavy atom. The summed E-state index contributed by atoms with van der Waals surface area (Å²) in [5, 5.41) is 20.4. The summed E-state index contributed by atoms with van der Waals surface area (Å²) in [6.07, 6.45) is 3.16. The highest BCUT2D eigenvalue weighted by Crippen LogP contribution is 2.40. The minimum Gasteiger partial charge on any atom is -0.493 e. The normalized spacial score (nSPS) is 11.4. The molecule has 0 unspecified atom stereocenters. The van der Waals surface area contributed by atoms with Crippen LogP contribution in [0.15, 0.2) is 81.6 Å². The summed E-state index contributed by atoms with van der Waals surface area (Å²) in [5.41, 5.74) is 2.34. The zero-order valence-electron chi connectivity index (χ0n) is 14.4. The summed E-state index contributed by atoms with van der Waals surface area (Å²) in [6, 6.07) is 16.1. The fourth-order valence-electron chi connectivity index (χ4n) is 3.16. The molecule has 5 aromatic rings. The molecule has 3 aromatic heterocycles. The Morgan fingerprint density at radius 1 is 0.964 bits per heavy atom. The Labute approximate surface area is 164 Å². The van der Waals surface area contributed by atoms with E-state index in [1.807, 2.05) is 30.3 Å². The number of aromatic hydroxyl groups is 1. The van der Waals surface area contributed by atoms with E-state index in [0.29, 0.717) is 16.5 Å². The van der Waals surface area contributed by atoms with E-state index in [2.05, 4.69) is 15.2 Å². The van der Waals surface area contributed by atoms with Crippen molar-refractivity contribution in [1.82, 2.24) is 4.98 Å². The van der Waals surface area contributed by atoms with Gasteiger partial charge in [-0.15, -0.1) is 12.4 Å². The molecular formula is C20H14ClN4O3+. The topological polar surface area (TPSA) is 94.8 Å². The van der Waals surface area contributed by atoms with Crippen LogP contribution in [0.1, 0.15) is 0 Å². The Hall–Kier alpha value is -3.71. The van der Waals surface area contributed by atoms with Gasteiger partial charge in [0.1, 0.15) is 16.3 Å². The molecule has 3 heterocycles. The number of carbonyl (C=O) groups excluding carboxylic acids is 1. The number of furan rings is 1. The average molecular weight is 394 g/mol. The number of nitrogens with one attached hydrogen (secondary N) is 1. The number of aromatic nitrogens is 2. The number of rotatable bonds is 1. The predicted octanol–water partition coefficient (Wildman–Crippen LogP) is 5.23. The highest BCUT2D eigenvalue weighted by molar-refractivity contribution is 6.12. The number of azo groups is 1. The number of H-pyrrole nitrogens is 1. The molecule has 2 N–H and O–H groups in total. The van der Waals surface area contributed by atoms with Crippen molar-refractivity contribution in [2.75, 3.05) is 0 Å². The van der Waals surface area contributed by atoms with E-state index in [4.69, 9.17) is 4.42 Å². The Balaban J connectivity index is 0.00000192. The van der Waals surface area contributed by atoms with Gasteiger partial charge in [0.15, 0.2) is 5.69 Å². The second-order valence-electron chi connectivity index (χ2n) is 6.08. The summed E-state index contributed by atoms with van der Waals surface area (Å²) in [4.78, 5) is 15.0. The summed E-state index contributed by atoms with van der Waals surface area (Å²) in [6.45, 7) is 0. The van der Waals surface area contributed by atoms with Crippen LogP contribution in [0.25, 0.3) is 32.8 Å². The molecule has 138 valence electrons. The molecule has 5 rings (SSSR count). The number of hydrogen-bond donors (Lipinski definition) is 2. The van der Waals surface area contributed by atoms with Gasteiger partial charge in [0.2, 0.25) is 5.88 Å². The predicted molar refractivity (Wildman–Crippen MR) is 106 cm³/mol. The minimum absolute atomic E-state index is 0. The number of amides is 1. The van der Waals surface area contributed by atoms with Crippen molar-refractivity contribution < 1.29 is 18.9 Å². The first kappa shape index (κ1) is 17.7. The van der Waals surface area contributed by atoms with Gasteiger partial charge in [0, 0.05) is 22.2 Å². The molecule has 0 radical (unpaired) electrons.